The molecule has 6 nitrogen and oxygen atoms in total. The van der Waals surface area contributed by atoms with Crippen LogP contribution in [0.3, 0.4) is 0 Å². The molecule has 146 valence electrons. The van der Waals surface area contributed by atoms with Crippen molar-refractivity contribution < 1.29 is 18.1 Å². The number of nitrogens with one attached hydrogen (secondary N) is 1. The monoisotopic (exact) mass is 408 g/mol. The van der Waals surface area contributed by atoms with Crippen LogP contribution in [0.4, 0.5) is 0 Å². The molecule has 1 aliphatic rings. The number of aromatic nitrogens is 1. The molecule has 0 amide bonds. The highest BCUT2D eigenvalue weighted by Crippen LogP contribution is 2.20. The quantitative estimate of drug-likeness (QED) is 0.549. The molecule has 1 saturated heterocycles. The lowest BCUT2D eigenvalue weighted by Crippen LogP contribution is -3.12. The molecule has 0 atom stereocenters. The number of benzene rings is 1. The lowest BCUT2D eigenvalue weighted by molar-refractivity contribution is -0.883. The summed E-state index contributed by atoms with van der Waals surface area (Å²) in [6.07, 6.45) is 1.46. The van der Waals surface area contributed by atoms with Crippen molar-refractivity contribution in [2.24, 2.45) is 0 Å². The molecule has 0 aliphatic carbocycles. The highest BCUT2D eigenvalue weighted by atomic mass is 32.2. The fourth-order valence-corrected chi connectivity index (χ4v) is 4.93. The summed E-state index contributed by atoms with van der Waals surface area (Å²) >= 11 is 1.55. The van der Waals surface area contributed by atoms with Crippen LogP contribution in [0, 0.1) is 6.92 Å². The first kappa shape index (κ1) is 20.1. The van der Waals surface area contributed by atoms with Crippen LogP contribution >= 0.6 is 11.8 Å². The topological polar surface area (TPSA) is 63.9 Å². The zero-order chi connectivity index (χ0) is 19.3. The van der Waals surface area contributed by atoms with Crippen molar-refractivity contribution in [3.63, 3.8) is 0 Å². The summed E-state index contributed by atoms with van der Waals surface area (Å²) in [5.74, 6) is 1.60. The Morgan fingerprint density at radius 1 is 1.22 bits per heavy atom. The van der Waals surface area contributed by atoms with E-state index in [-0.39, 0.29) is 4.90 Å². The van der Waals surface area contributed by atoms with Gasteiger partial charge in [-0.05, 0) is 36.8 Å². The number of aryl methyl sites for hydroxylation is 1. The van der Waals surface area contributed by atoms with Crippen molar-refractivity contribution in [1.29, 1.82) is 0 Å². The summed E-state index contributed by atoms with van der Waals surface area (Å²) in [4.78, 5) is 5.94. The Morgan fingerprint density at radius 2 is 2.00 bits per heavy atom. The molecule has 1 aliphatic heterocycles. The maximum absolute atomic E-state index is 12.7. The molecule has 3 rings (SSSR count). The molecule has 2 heterocycles. The van der Waals surface area contributed by atoms with Crippen molar-refractivity contribution in [2.45, 2.75) is 16.8 Å². The van der Waals surface area contributed by atoms with Crippen LogP contribution in [0.5, 0.6) is 5.75 Å². The molecular formula is C19H26N3O3S2+. The van der Waals surface area contributed by atoms with Gasteiger partial charge in [-0.2, -0.15) is 4.31 Å². The Balaban J connectivity index is 1.51. The van der Waals surface area contributed by atoms with Gasteiger partial charge in [-0.25, -0.2) is 13.4 Å². The van der Waals surface area contributed by atoms with Gasteiger partial charge in [0.05, 0.1) is 44.9 Å². The molecule has 8 heteroatoms. The molecule has 0 saturated carbocycles. The number of likely N-dealkylation sites (N-methyl/N-ethyl adjacent to an activating group) is 1. The molecule has 0 bridgehead atoms. The normalized spacial score (nSPS) is 16.4. The summed E-state index contributed by atoms with van der Waals surface area (Å²) in [6, 6.07) is 11.4. The first-order valence-corrected chi connectivity index (χ1v) is 11.5. The fraction of sp³-hybridized carbons (Fsp3) is 0.421. The summed E-state index contributed by atoms with van der Waals surface area (Å²) in [5.41, 5.74) is 1.17. The Hall–Kier alpha value is -1.61. The summed E-state index contributed by atoms with van der Waals surface area (Å²) < 4.78 is 32.7. The third-order valence-corrected chi connectivity index (χ3v) is 7.30. The number of quaternary nitrogens is 1. The number of ether oxygens (including phenoxy) is 1. The van der Waals surface area contributed by atoms with E-state index in [1.54, 1.807) is 28.2 Å². The lowest BCUT2D eigenvalue weighted by Gasteiger charge is -2.29. The minimum absolute atomic E-state index is 0.266. The number of rotatable bonds is 7. The number of hydrogen-bond donors (Lipinski definition) is 1. The van der Waals surface area contributed by atoms with Gasteiger partial charge in [-0.3, -0.25) is 0 Å². The highest BCUT2D eigenvalue weighted by molar-refractivity contribution is 7.99. The van der Waals surface area contributed by atoms with Gasteiger partial charge >= 0.3 is 0 Å². The summed E-state index contributed by atoms with van der Waals surface area (Å²) in [6.45, 7) is 5.38. The largest absolute Gasteiger partial charge is 0.493 e. The minimum atomic E-state index is -3.44. The number of pyridine rings is 1. The fourth-order valence-electron chi connectivity index (χ4n) is 2.87. The number of piperazine rings is 1. The lowest BCUT2D eigenvalue weighted by atomic mass is 10.2. The molecule has 1 aromatic carbocycles. The van der Waals surface area contributed by atoms with Gasteiger partial charge in [-0.15, -0.1) is 11.8 Å². The first-order valence-electron chi connectivity index (χ1n) is 9.05. The van der Waals surface area contributed by atoms with Crippen LogP contribution in [0.1, 0.15) is 5.56 Å². The number of thioether (sulfide) groups is 1. The van der Waals surface area contributed by atoms with Crippen LogP contribution in [0.2, 0.25) is 0 Å². The van der Waals surface area contributed by atoms with Crippen LogP contribution in [-0.4, -0.2) is 63.3 Å². The molecular weight excluding hydrogens is 382 g/mol. The average molecular weight is 409 g/mol. The van der Waals surface area contributed by atoms with E-state index in [0.29, 0.717) is 19.7 Å². The van der Waals surface area contributed by atoms with Crippen LogP contribution in [-0.2, 0) is 10.0 Å². The van der Waals surface area contributed by atoms with E-state index < -0.39 is 10.0 Å². The van der Waals surface area contributed by atoms with Gasteiger partial charge in [0.1, 0.15) is 10.6 Å². The van der Waals surface area contributed by atoms with Gasteiger partial charge < -0.3 is 9.64 Å². The van der Waals surface area contributed by atoms with Crippen LogP contribution in [0.25, 0.3) is 0 Å². The standard InChI is InChI=1S/C19H25N3O3S2/c1-16-4-3-5-17(14-16)25-12-13-26-19-7-6-18(15-20-19)27(23,24)22-10-8-21(2)9-11-22/h3-7,14-15H,8-13H2,1-2H3/p+1. The zero-order valence-corrected chi connectivity index (χ0v) is 17.4. The maximum Gasteiger partial charge on any atom is 0.245 e. The van der Waals surface area contributed by atoms with Crippen molar-refractivity contribution >= 4 is 21.8 Å². The third-order valence-electron chi connectivity index (χ3n) is 4.51. The highest BCUT2D eigenvalue weighted by Gasteiger charge is 2.29. The number of sulfonamides is 1. The van der Waals surface area contributed by atoms with Gasteiger partial charge in [0.15, 0.2) is 0 Å². The van der Waals surface area contributed by atoms with Gasteiger partial charge in [0, 0.05) is 11.9 Å². The molecule has 2 aromatic rings. The predicted octanol–water partition coefficient (Wildman–Crippen LogP) is 1.08. The second-order valence-corrected chi connectivity index (χ2v) is 9.76. The first-order chi connectivity index (χ1) is 12.9. The molecule has 27 heavy (non-hydrogen) atoms. The van der Waals surface area contributed by atoms with Crippen LogP contribution < -0.4 is 9.64 Å². The van der Waals surface area contributed by atoms with E-state index in [9.17, 15) is 8.42 Å². The van der Waals surface area contributed by atoms with Crippen molar-refractivity contribution in [1.82, 2.24) is 9.29 Å². The van der Waals surface area contributed by atoms with Gasteiger partial charge in [-0.1, -0.05) is 12.1 Å². The minimum Gasteiger partial charge on any atom is -0.493 e. The third kappa shape index (κ3) is 5.44. The van der Waals surface area contributed by atoms with E-state index >= 15 is 0 Å². The van der Waals surface area contributed by atoms with E-state index in [2.05, 4.69) is 12.0 Å². The number of nitrogens with zero attached hydrogens (tertiary/aromatic N) is 2. The van der Waals surface area contributed by atoms with Gasteiger partial charge in [0.25, 0.3) is 0 Å². The Morgan fingerprint density at radius 3 is 2.67 bits per heavy atom. The molecule has 0 spiro atoms. The van der Waals surface area contributed by atoms with Crippen molar-refractivity contribution in [2.75, 3.05) is 45.6 Å². The molecule has 0 radical (unpaired) electrons. The number of hydrogen-bond acceptors (Lipinski definition) is 5. The Bertz CT molecular complexity index is 849. The van der Waals surface area contributed by atoms with Crippen LogP contribution in [0.15, 0.2) is 52.5 Å². The van der Waals surface area contributed by atoms with E-state index in [4.69, 9.17) is 4.74 Å². The van der Waals surface area contributed by atoms with E-state index in [1.807, 2.05) is 31.2 Å². The Labute approximate surface area is 165 Å². The second-order valence-electron chi connectivity index (χ2n) is 6.71. The zero-order valence-electron chi connectivity index (χ0n) is 15.7. The van der Waals surface area contributed by atoms with E-state index in [1.165, 1.54) is 16.7 Å². The smallest absolute Gasteiger partial charge is 0.245 e. The SMILES string of the molecule is Cc1cccc(OCCSc2ccc(S(=O)(=O)N3CC[NH+](C)CC3)cn2)c1. The maximum atomic E-state index is 12.7. The van der Waals surface area contributed by atoms with Crippen molar-refractivity contribution in [3.8, 4) is 5.75 Å². The molecule has 1 N–H and O–H groups in total. The average Bonchev–Trinajstić information content (AvgIpc) is 2.66. The molecule has 0 unspecified atom stereocenters. The van der Waals surface area contributed by atoms with Crippen molar-refractivity contribution in [3.05, 3.63) is 48.2 Å². The van der Waals surface area contributed by atoms with E-state index in [0.717, 1.165) is 29.6 Å². The Kier molecular flexibility index (Phi) is 6.75. The molecule has 1 fully saturated rings. The second kappa shape index (κ2) is 9.05. The summed E-state index contributed by atoms with van der Waals surface area (Å²) in [7, 11) is -1.36. The predicted molar refractivity (Wildman–Crippen MR) is 107 cm³/mol. The van der Waals surface area contributed by atoms with Gasteiger partial charge in [0.2, 0.25) is 10.0 Å². The molecule has 1 aromatic heterocycles. The summed E-state index contributed by atoms with van der Waals surface area (Å²) in [5, 5.41) is 0.796.